The molecular formula is C28H31N3O3S2. The number of amides is 1. The van der Waals surface area contributed by atoms with Crippen molar-refractivity contribution >= 4 is 40.3 Å². The average Bonchev–Trinajstić information content (AvgIpc) is 3.44. The monoisotopic (exact) mass is 521 g/mol. The zero-order valence-electron chi connectivity index (χ0n) is 20.7. The Morgan fingerprint density at radius 2 is 1.81 bits per heavy atom. The van der Waals surface area contributed by atoms with E-state index in [9.17, 15) is 4.79 Å². The largest absolute Gasteiger partial charge is 0.494 e. The first-order valence-electron chi connectivity index (χ1n) is 12.3. The van der Waals surface area contributed by atoms with Gasteiger partial charge in [0.2, 0.25) is 0 Å². The Hall–Kier alpha value is -2.94. The van der Waals surface area contributed by atoms with E-state index in [-0.39, 0.29) is 5.91 Å². The van der Waals surface area contributed by atoms with E-state index in [2.05, 4.69) is 6.92 Å². The molecule has 6 nitrogen and oxygen atoms in total. The standard InChI is InChI=1S/C28H31N3O3S2/c1-3-5-18-34-24-14-12-21(13-15-24)26-22(20-31(29-26)23-10-7-6-8-11-23)19-25-27(32)30(28(35)36-25)16-9-17-33-4-2/h6-8,10-15,19-20H,3-5,9,16-18H2,1-2H3/b25-19-. The highest BCUT2D eigenvalue weighted by molar-refractivity contribution is 8.26. The number of nitrogens with zero attached hydrogens (tertiary/aromatic N) is 3. The molecule has 1 aromatic heterocycles. The van der Waals surface area contributed by atoms with Crippen LogP contribution in [0.5, 0.6) is 5.75 Å². The second-order valence-electron chi connectivity index (χ2n) is 8.32. The maximum Gasteiger partial charge on any atom is 0.266 e. The lowest BCUT2D eigenvalue weighted by Crippen LogP contribution is -2.29. The topological polar surface area (TPSA) is 56.6 Å². The quantitative estimate of drug-likeness (QED) is 0.157. The Morgan fingerprint density at radius 1 is 1.03 bits per heavy atom. The van der Waals surface area contributed by atoms with Crippen LogP contribution in [0.25, 0.3) is 23.0 Å². The molecule has 36 heavy (non-hydrogen) atoms. The number of unbranched alkanes of at least 4 members (excludes halogenated alkanes) is 1. The lowest BCUT2D eigenvalue weighted by molar-refractivity contribution is -0.122. The van der Waals surface area contributed by atoms with E-state index in [1.165, 1.54) is 11.8 Å². The Labute approximate surface area is 222 Å². The van der Waals surface area contributed by atoms with Crippen LogP contribution in [0.3, 0.4) is 0 Å². The van der Waals surface area contributed by atoms with E-state index in [4.69, 9.17) is 26.8 Å². The van der Waals surface area contributed by atoms with Gasteiger partial charge in [0.15, 0.2) is 0 Å². The number of aromatic nitrogens is 2. The average molecular weight is 522 g/mol. The van der Waals surface area contributed by atoms with Crippen LogP contribution in [0, 0.1) is 0 Å². The Balaban J connectivity index is 1.62. The van der Waals surface area contributed by atoms with Crippen molar-refractivity contribution in [2.75, 3.05) is 26.4 Å². The van der Waals surface area contributed by atoms with Crippen molar-refractivity contribution in [3.8, 4) is 22.7 Å². The minimum absolute atomic E-state index is 0.0698. The fourth-order valence-corrected chi connectivity index (χ4v) is 5.08. The number of para-hydroxylation sites is 1. The van der Waals surface area contributed by atoms with Gasteiger partial charge in [-0.3, -0.25) is 9.69 Å². The molecule has 0 unspecified atom stereocenters. The van der Waals surface area contributed by atoms with Crippen molar-refractivity contribution in [1.29, 1.82) is 0 Å². The Morgan fingerprint density at radius 3 is 2.53 bits per heavy atom. The van der Waals surface area contributed by atoms with Crippen LogP contribution < -0.4 is 4.74 Å². The van der Waals surface area contributed by atoms with Crippen LogP contribution >= 0.6 is 24.0 Å². The molecule has 0 atom stereocenters. The third kappa shape index (κ3) is 6.43. The van der Waals surface area contributed by atoms with Crippen LogP contribution in [0.4, 0.5) is 0 Å². The highest BCUT2D eigenvalue weighted by Crippen LogP contribution is 2.35. The molecule has 1 fully saturated rings. The molecule has 0 aliphatic carbocycles. The lowest BCUT2D eigenvalue weighted by atomic mass is 10.1. The van der Waals surface area contributed by atoms with Gasteiger partial charge in [0.1, 0.15) is 10.1 Å². The molecule has 4 rings (SSSR count). The van der Waals surface area contributed by atoms with E-state index in [1.54, 1.807) is 4.90 Å². The molecule has 0 N–H and O–H groups in total. The molecule has 1 aliphatic heterocycles. The molecule has 188 valence electrons. The molecule has 2 aromatic carbocycles. The van der Waals surface area contributed by atoms with Crippen LogP contribution in [0.15, 0.2) is 65.7 Å². The summed E-state index contributed by atoms with van der Waals surface area (Å²) in [6, 6.07) is 17.9. The van der Waals surface area contributed by atoms with Gasteiger partial charge in [-0.1, -0.05) is 55.5 Å². The van der Waals surface area contributed by atoms with Gasteiger partial charge in [0.25, 0.3) is 5.91 Å². The number of rotatable bonds is 12. The molecule has 0 spiro atoms. The molecule has 0 radical (unpaired) electrons. The fraction of sp³-hybridized carbons (Fsp3) is 0.321. The van der Waals surface area contributed by atoms with Gasteiger partial charge >= 0.3 is 0 Å². The van der Waals surface area contributed by atoms with Crippen LogP contribution in [-0.2, 0) is 9.53 Å². The molecule has 0 bridgehead atoms. The smallest absolute Gasteiger partial charge is 0.266 e. The summed E-state index contributed by atoms with van der Waals surface area (Å²) in [6.45, 7) is 6.64. The normalized spacial score (nSPS) is 14.7. The van der Waals surface area contributed by atoms with E-state index < -0.39 is 0 Å². The highest BCUT2D eigenvalue weighted by atomic mass is 32.2. The van der Waals surface area contributed by atoms with Gasteiger partial charge in [-0.15, -0.1) is 0 Å². The lowest BCUT2D eigenvalue weighted by Gasteiger charge is -2.13. The molecule has 3 aromatic rings. The van der Waals surface area contributed by atoms with Crippen LogP contribution in [0.2, 0.25) is 0 Å². The minimum Gasteiger partial charge on any atom is -0.494 e. The molecule has 1 saturated heterocycles. The highest BCUT2D eigenvalue weighted by Gasteiger charge is 2.32. The number of hydrogen-bond donors (Lipinski definition) is 0. The maximum atomic E-state index is 13.1. The zero-order valence-corrected chi connectivity index (χ0v) is 22.3. The van der Waals surface area contributed by atoms with Gasteiger partial charge in [0, 0.05) is 37.1 Å². The van der Waals surface area contributed by atoms with E-state index in [0.29, 0.717) is 35.6 Å². The van der Waals surface area contributed by atoms with Crippen molar-refractivity contribution in [1.82, 2.24) is 14.7 Å². The number of carbonyl (C=O) groups excluding carboxylic acids is 1. The molecule has 1 aliphatic rings. The number of carbonyl (C=O) groups is 1. The summed E-state index contributed by atoms with van der Waals surface area (Å²) < 4.78 is 13.6. The van der Waals surface area contributed by atoms with E-state index in [0.717, 1.165) is 47.5 Å². The first-order chi connectivity index (χ1) is 17.6. The second kappa shape index (κ2) is 12.9. The fourth-order valence-electron chi connectivity index (χ4n) is 3.78. The maximum absolute atomic E-state index is 13.1. The second-order valence-corrected chi connectivity index (χ2v) is 10.00. The number of benzene rings is 2. The summed E-state index contributed by atoms with van der Waals surface area (Å²) >= 11 is 6.84. The molecule has 1 amide bonds. The van der Waals surface area contributed by atoms with Crippen molar-refractivity contribution in [3.63, 3.8) is 0 Å². The summed E-state index contributed by atoms with van der Waals surface area (Å²) in [5, 5.41) is 4.88. The van der Waals surface area contributed by atoms with Gasteiger partial charge in [-0.25, -0.2) is 4.68 Å². The van der Waals surface area contributed by atoms with Crippen molar-refractivity contribution in [3.05, 3.63) is 71.3 Å². The zero-order chi connectivity index (χ0) is 25.3. The van der Waals surface area contributed by atoms with E-state index in [1.807, 2.05) is 78.5 Å². The minimum atomic E-state index is -0.0698. The number of thiocarbonyl (C=S) groups is 1. The molecule has 2 heterocycles. The van der Waals surface area contributed by atoms with Gasteiger partial charge in [-0.2, -0.15) is 5.10 Å². The summed E-state index contributed by atoms with van der Waals surface area (Å²) in [7, 11) is 0. The number of thioether (sulfide) groups is 1. The predicted octanol–water partition coefficient (Wildman–Crippen LogP) is 6.35. The predicted molar refractivity (Wildman–Crippen MR) is 150 cm³/mol. The Kier molecular flexibility index (Phi) is 9.33. The summed E-state index contributed by atoms with van der Waals surface area (Å²) in [5.41, 5.74) is 3.54. The third-order valence-electron chi connectivity index (χ3n) is 5.69. The van der Waals surface area contributed by atoms with Crippen molar-refractivity contribution in [2.24, 2.45) is 0 Å². The van der Waals surface area contributed by atoms with Gasteiger partial charge in [-0.05, 0) is 62.2 Å². The van der Waals surface area contributed by atoms with Crippen molar-refractivity contribution < 1.29 is 14.3 Å². The van der Waals surface area contributed by atoms with E-state index >= 15 is 0 Å². The SMILES string of the molecule is CCCCOc1ccc(-c2nn(-c3ccccc3)cc2/C=C2\SC(=S)N(CCCOCC)C2=O)cc1. The summed E-state index contributed by atoms with van der Waals surface area (Å²) in [4.78, 5) is 15.4. The first kappa shape index (κ1) is 26.1. The summed E-state index contributed by atoms with van der Waals surface area (Å²) in [5.74, 6) is 0.767. The van der Waals surface area contributed by atoms with Crippen LogP contribution in [-0.4, -0.2) is 51.3 Å². The number of ether oxygens (including phenoxy) is 2. The first-order valence-corrected chi connectivity index (χ1v) is 13.5. The third-order valence-corrected chi connectivity index (χ3v) is 7.07. The Bertz CT molecular complexity index is 1210. The summed E-state index contributed by atoms with van der Waals surface area (Å²) in [6.07, 6.45) is 6.72. The van der Waals surface area contributed by atoms with Gasteiger partial charge < -0.3 is 9.47 Å². The number of hydrogen-bond acceptors (Lipinski definition) is 6. The molecule has 0 saturated carbocycles. The molecule has 8 heteroatoms. The van der Waals surface area contributed by atoms with Gasteiger partial charge in [0.05, 0.1) is 22.9 Å². The molecular weight excluding hydrogens is 490 g/mol. The van der Waals surface area contributed by atoms with Crippen LogP contribution in [0.1, 0.15) is 38.7 Å². The van der Waals surface area contributed by atoms with Crippen molar-refractivity contribution in [2.45, 2.75) is 33.1 Å².